The van der Waals surface area contributed by atoms with Gasteiger partial charge in [-0.25, -0.2) is 0 Å². The number of hydrogen-bond acceptors (Lipinski definition) is 0. The van der Waals surface area contributed by atoms with Crippen molar-refractivity contribution >= 4 is 82.7 Å². The average molecular weight is 341 g/mol. The summed E-state index contributed by atoms with van der Waals surface area (Å²) >= 11 is 0. The Morgan fingerprint density at radius 2 is 1.07 bits per heavy atom. The zero-order chi connectivity index (χ0) is 10.7. The maximum absolute atomic E-state index is 2.54. The van der Waals surface area contributed by atoms with Gasteiger partial charge in [0.25, 0.3) is 0 Å². The van der Waals surface area contributed by atoms with Crippen LogP contribution >= 0.6 is 0 Å². The maximum Gasteiger partial charge on any atom is 0.0148 e. The van der Waals surface area contributed by atoms with E-state index in [0.717, 1.165) is 0 Å². The fourth-order valence-electron chi connectivity index (χ4n) is 1.31. The second kappa shape index (κ2) is 6.20. The first-order chi connectivity index (χ1) is 6.66. The van der Waals surface area contributed by atoms with Gasteiger partial charge in [0.05, 0.1) is 0 Å². The normalized spacial score (nSPS) is 24.9. The van der Waals surface area contributed by atoms with Crippen LogP contribution in [0, 0.1) is 0 Å². The first-order valence-corrected chi connectivity index (χ1v) is 28.5. The van der Waals surface area contributed by atoms with E-state index < -0.39 is 12.3 Å². The summed E-state index contributed by atoms with van der Waals surface area (Å²) in [4.78, 5) is 0. The van der Waals surface area contributed by atoms with Crippen LogP contribution in [0.15, 0.2) is 0 Å². The highest BCUT2D eigenvalue weighted by Gasteiger charge is 2.44. The zero-order valence-electron chi connectivity index (χ0n) is 9.00. The summed E-state index contributed by atoms with van der Waals surface area (Å²) in [5, 5.41) is 0. The molecule has 14 heavy (non-hydrogen) atoms. The van der Waals surface area contributed by atoms with Crippen molar-refractivity contribution in [1.82, 2.24) is 0 Å². The molecule has 0 N–H and O–H groups in total. The Kier molecular flexibility index (Phi) is 6.30. The van der Waals surface area contributed by atoms with Crippen molar-refractivity contribution in [2.45, 2.75) is 26.2 Å². The fraction of sp³-hybridized carbons (Fsp3) is 1.00. The van der Waals surface area contributed by atoms with Crippen LogP contribution in [0.5, 0.6) is 0 Å². The van der Waals surface area contributed by atoms with Gasteiger partial charge in [0.2, 0.25) is 0 Å². The average Bonchev–Trinajstić information content (AvgIpc) is 2.29. The first kappa shape index (κ1) is 14.2. The molecule has 10 heteroatoms. The van der Waals surface area contributed by atoms with E-state index >= 15 is 0 Å². The van der Waals surface area contributed by atoms with Gasteiger partial charge >= 0.3 is 0 Å². The number of rotatable bonds is 4. The highest BCUT2D eigenvalue weighted by atomic mass is 30.5. The molecule has 1 saturated heterocycles. The van der Waals surface area contributed by atoms with Gasteiger partial charge in [-0.15, -0.1) is 0 Å². The van der Waals surface area contributed by atoms with E-state index in [0.29, 0.717) is 0 Å². The SMILES string of the molecule is C[Si][Si]1([Si]C)[Si][Si][Si][Si]([Si]C)([Si]C)[Si]1. The Hall–Kier alpha value is 2.17. The second-order valence-electron chi connectivity index (χ2n) is 3.00. The minimum Gasteiger partial charge on any atom is -0.0761 e. The minimum absolute atomic E-state index is 0.602. The summed E-state index contributed by atoms with van der Waals surface area (Å²) in [6, 6.07) is 0. The van der Waals surface area contributed by atoms with Crippen LogP contribution in [-0.4, -0.2) is 82.7 Å². The summed E-state index contributed by atoms with van der Waals surface area (Å²) < 4.78 is 0. The lowest BCUT2D eigenvalue weighted by atomic mass is 11.9. The Bertz CT molecular complexity index is 155. The lowest BCUT2D eigenvalue weighted by Gasteiger charge is -2.43. The van der Waals surface area contributed by atoms with Gasteiger partial charge < -0.3 is 0 Å². The molecule has 0 aromatic heterocycles. The molecule has 0 aliphatic carbocycles. The van der Waals surface area contributed by atoms with E-state index in [2.05, 4.69) is 26.2 Å². The molecule has 0 aromatic rings. The highest BCUT2D eigenvalue weighted by Crippen LogP contribution is 2.09. The van der Waals surface area contributed by atoms with Crippen molar-refractivity contribution < 1.29 is 0 Å². The van der Waals surface area contributed by atoms with Crippen molar-refractivity contribution in [2.75, 3.05) is 0 Å². The molecular weight excluding hydrogens is 329 g/mol. The summed E-state index contributed by atoms with van der Waals surface area (Å²) in [6.07, 6.45) is -1.20. The summed E-state index contributed by atoms with van der Waals surface area (Å²) in [6.45, 7) is 10.2. The van der Waals surface area contributed by atoms with Gasteiger partial charge in [-0.1, -0.05) is 26.2 Å². The topological polar surface area (TPSA) is 0 Å². The zero-order valence-corrected chi connectivity index (χ0v) is 19.0. The van der Waals surface area contributed by atoms with Gasteiger partial charge in [-0.3, -0.25) is 0 Å². The Morgan fingerprint density at radius 3 is 1.36 bits per heavy atom. The monoisotopic (exact) mass is 340 g/mol. The predicted octanol–water partition coefficient (Wildman–Crippen LogP) is -1.47. The molecule has 0 aromatic carbocycles. The summed E-state index contributed by atoms with van der Waals surface area (Å²) in [5.74, 6) is 0. The van der Waals surface area contributed by atoms with Crippen LogP contribution in [0.1, 0.15) is 0 Å². The van der Waals surface area contributed by atoms with Crippen LogP contribution in [0.3, 0.4) is 0 Å². The third kappa shape index (κ3) is 3.10. The van der Waals surface area contributed by atoms with Crippen molar-refractivity contribution in [1.29, 1.82) is 0 Å². The molecule has 0 saturated carbocycles. The Morgan fingerprint density at radius 1 is 0.714 bits per heavy atom. The second-order valence-corrected chi connectivity index (χ2v) is 63.0. The Labute approximate surface area is 108 Å². The number of hydrogen-bond donors (Lipinski definition) is 0. The van der Waals surface area contributed by atoms with Crippen LogP contribution < -0.4 is 0 Å². The highest BCUT2D eigenvalue weighted by molar-refractivity contribution is 8.15. The predicted molar refractivity (Wildman–Crippen MR) is 81.0 cm³/mol. The van der Waals surface area contributed by atoms with Gasteiger partial charge in [-0.2, -0.15) is 0 Å². The van der Waals surface area contributed by atoms with E-state index in [1.54, 1.807) is 8.55 Å². The molecule has 68 valence electrons. The molecule has 16 radical (unpaired) electrons. The smallest absolute Gasteiger partial charge is 0.0148 e. The van der Waals surface area contributed by atoms with Gasteiger partial charge in [0, 0.05) is 82.7 Å². The molecule has 1 heterocycles. The molecule has 0 amide bonds. The van der Waals surface area contributed by atoms with Crippen LogP contribution in [0.2, 0.25) is 26.2 Å². The maximum atomic E-state index is 2.54. The summed E-state index contributed by atoms with van der Waals surface area (Å²) in [7, 11) is 11.5. The van der Waals surface area contributed by atoms with E-state index in [4.69, 9.17) is 0 Å². The molecule has 0 bridgehead atoms. The van der Waals surface area contributed by atoms with E-state index in [9.17, 15) is 0 Å². The molecule has 0 unspecified atom stereocenters. The van der Waals surface area contributed by atoms with Gasteiger partial charge in [0.1, 0.15) is 0 Å². The van der Waals surface area contributed by atoms with Crippen LogP contribution in [-0.2, 0) is 0 Å². The largest absolute Gasteiger partial charge is 0.0761 e. The third-order valence-corrected chi connectivity index (χ3v) is 111. The minimum atomic E-state index is -0.602. The van der Waals surface area contributed by atoms with E-state index in [1.807, 2.05) is 0 Å². The molecule has 0 spiro atoms. The molecule has 1 aliphatic rings. The van der Waals surface area contributed by atoms with Crippen molar-refractivity contribution in [3.8, 4) is 0 Å². The lowest BCUT2D eigenvalue weighted by molar-refractivity contribution is 2.32. The quantitative estimate of drug-likeness (QED) is 0.548. The first-order valence-electron chi connectivity index (χ1n) is 4.50. The van der Waals surface area contributed by atoms with Crippen molar-refractivity contribution in [2.24, 2.45) is 0 Å². The van der Waals surface area contributed by atoms with Crippen LogP contribution in [0.4, 0.5) is 0 Å². The standard InChI is InChI=1S/C4H12Si10/c1-5-13(6-2)10-9-11-14(7-3,8-4)12-13/h1-4H3. The third-order valence-electron chi connectivity index (χ3n) is 2.38. The van der Waals surface area contributed by atoms with E-state index in [-0.39, 0.29) is 0 Å². The molecule has 1 aliphatic heterocycles. The fourth-order valence-corrected chi connectivity index (χ4v) is 184. The van der Waals surface area contributed by atoms with Gasteiger partial charge in [0.15, 0.2) is 0 Å². The molecule has 1 rings (SSSR count). The lowest BCUT2D eigenvalue weighted by Crippen LogP contribution is -2.80. The Balaban J connectivity index is 2.75. The van der Waals surface area contributed by atoms with Gasteiger partial charge in [-0.05, 0) is 0 Å². The molecule has 0 atom stereocenters. The summed E-state index contributed by atoms with van der Waals surface area (Å²) in [5.41, 5.74) is 0. The molecule has 1 fully saturated rings. The molecular formula is C4H12Si10. The van der Waals surface area contributed by atoms with Crippen LogP contribution in [0.25, 0.3) is 0 Å². The molecule has 0 nitrogen and oxygen atoms in total. The van der Waals surface area contributed by atoms with Crippen molar-refractivity contribution in [3.05, 3.63) is 0 Å². The van der Waals surface area contributed by atoms with Crippen molar-refractivity contribution in [3.63, 3.8) is 0 Å². The van der Waals surface area contributed by atoms with E-state index in [1.165, 1.54) is 61.8 Å².